The average molecular weight is 412 g/mol. The van der Waals surface area contributed by atoms with E-state index in [-0.39, 0.29) is 29.2 Å². The molecule has 1 saturated heterocycles. The molecule has 1 aliphatic rings. The average Bonchev–Trinajstić information content (AvgIpc) is 3.35. The Kier molecular flexibility index (Phi) is 5.41. The summed E-state index contributed by atoms with van der Waals surface area (Å²) < 4.78 is 32.4. The van der Waals surface area contributed by atoms with Crippen LogP contribution < -0.4 is 4.72 Å². The number of nitrogens with one attached hydrogen (secondary N) is 1. The van der Waals surface area contributed by atoms with Gasteiger partial charge in [0.25, 0.3) is 0 Å². The first-order valence-corrected chi connectivity index (χ1v) is 10.7. The molecule has 150 valence electrons. The van der Waals surface area contributed by atoms with Crippen LogP contribution in [0.5, 0.6) is 0 Å². The summed E-state index contributed by atoms with van der Waals surface area (Å²) in [5.74, 6) is 0.572. The highest BCUT2D eigenvalue weighted by atomic mass is 32.2. The molecule has 0 bridgehead atoms. The molecule has 3 aromatic rings. The lowest BCUT2D eigenvalue weighted by atomic mass is 10.2. The Hall–Kier alpha value is -3.04. The number of hydrogen-bond donors (Lipinski definition) is 1. The third-order valence-electron chi connectivity index (χ3n) is 4.77. The molecule has 29 heavy (non-hydrogen) atoms. The minimum atomic E-state index is -3.66. The monoisotopic (exact) mass is 412 g/mol. The molecule has 9 heteroatoms. The molecule has 1 amide bonds. The number of likely N-dealkylation sites (tertiary alicyclic amines) is 1. The highest BCUT2D eigenvalue weighted by Crippen LogP contribution is 2.33. The number of sulfonamides is 1. The van der Waals surface area contributed by atoms with Gasteiger partial charge in [-0.3, -0.25) is 4.79 Å². The summed E-state index contributed by atoms with van der Waals surface area (Å²) in [4.78, 5) is 18.5. The quantitative estimate of drug-likeness (QED) is 0.639. The van der Waals surface area contributed by atoms with Gasteiger partial charge in [-0.05, 0) is 24.1 Å². The number of hydrogen-bond acceptors (Lipinski definition) is 6. The minimum absolute atomic E-state index is 0.0309. The van der Waals surface area contributed by atoms with Gasteiger partial charge >= 0.3 is 0 Å². The number of aromatic nitrogens is 2. The molecule has 8 nitrogen and oxygen atoms in total. The summed E-state index contributed by atoms with van der Waals surface area (Å²) in [6.45, 7) is 0.364. The summed E-state index contributed by atoms with van der Waals surface area (Å²) in [7, 11) is -3.66. The molecule has 2 aromatic carbocycles. The van der Waals surface area contributed by atoms with Gasteiger partial charge in [0.1, 0.15) is 6.04 Å². The van der Waals surface area contributed by atoms with Crippen LogP contribution in [0, 0.1) is 0 Å². The highest BCUT2D eigenvalue weighted by Gasteiger charge is 2.35. The van der Waals surface area contributed by atoms with Crippen LogP contribution in [0.1, 0.15) is 36.2 Å². The van der Waals surface area contributed by atoms with Gasteiger partial charge in [-0.1, -0.05) is 53.7 Å². The van der Waals surface area contributed by atoms with E-state index < -0.39 is 10.0 Å². The highest BCUT2D eigenvalue weighted by molar-refractivity contribution is 7.89. The van der Waals surface area contributed by atoms with Crippen LogP contribution in [0.15, 0.2) is 70.1 Å². The zero-order valence-corrected chi connectivity index (χ0v) is 16.4. The molecule has 1 atom stereocenters. The lowest BCUT2D eigenvalue weighted by Crippen LogP contribution is -2.27. The second kappa shape index (κ2) is 8.14. The van der Waals surface area contributed by atoms with Crippen LogP contribution in [-0.2, 0) is 27.9 Å². The van der Waals surface area contributed by atoms with Crippen LogP contribution in [0.4, 0.5) is 0 Å². The molecule has 2 heterocycles. The fraction of sp³-hybridized carbons (Fsp3) is 0.250. The topological polar surface area (TPSA) is 105 Å². The van der Waals surface area contributed by atoms with Gasteiger partial charge in [0.15, 0.2) is 5.82 Å². The fourth-order valence-electron chi connectivity index (χ4n) is 3.29. The summed E-state index contributed by atoms with van der Waals surface area (Å²) in [6.07, 6.45) is 0.999. The van der Waals surface area contributed by atoms with Crippen molar-refractivity contribution in [2.75, 3.05) is 0 Å². The van der Waals surface area contributed by atoms with E-state index in [4.69, 9.17) is 4.52 Å². The van der Waals surface area contributed by atoms with Crippen LogP contribution in [0.3, 0.4) is 0 Å². The molecule has 0 aliphatic carbocycles. The third-order valence-corrected chi connectivity index (χ3v) is 6.18. The molecule has 0 spiro atoms. The Balaban J connectivity index is 1.45. The van der Waals surface area contributed by atoms with Crippen molar-refractivity contribution in [3.05, 3.63) is 77.9 Å². The summed E-state index contributed by atoms with van der Waals surface area (Å²) in [6, 6.07) is 17.4. The van der Waals surface area contributed by atoms with Crippen molar-refractivity contribution >= 4 is 15.9 Å². The van der Waals surface area contributed by atoms with Crippen LogP contribution in [0.25, 0.3) is 0 Å². The van der Waals surface area contributed by atoms with Crippen molar-refractivity contribution in [2.45, 2.75) is 36.9 Å². The molecule has 1 N–H and O–H groups in total. The van der Waals surface area contributed by atoms with Crippen molar-refractivity contribution in [1.29, 1.82) is 0 Å². The van der Waals surface area contributed by atoms with E-state index >= 15 is 0 Å². The molecule has 0 radical (unpaired) electrons. The summed E-state index contributed by atoms with van der Waals surface area (Å²) in [5, 5.41) is 3.87. The molecular formula is C20H20N4O4S. The van der Waals surface area contributed by atoms with Gasteiger partial charge in [-0.15, -0.1) is 0 Å². The zero-order valence-electron chi connectivity index (χ0n) is 15.6. The number of carbonyl (C=O) groups is 1. The maximum Gasteiger partial charge on any atom is 0.249 e. The molecule has 1 aliphatic heterocycles. The van der Waals surface area contributed by atoms with E-state index in [9.17, 15) is 13.2 Å². The van der Waals surface area contributed by atoms with Gasteiger partial charge in [-0.2, -0.15) is 4.98 Å². The maximum atomic E-state index is 12.3. The Labute approximate surface area is 168 Å². The van der Waals surface area contributed by atoms with Crippen LogP contribution >= 0.6 is 0 Å². The van der Waals surface area contributed by atoms with Gasteiger partial charge in [0, 0.05) is 13.0 Å². The summed E-state index contributed by atoms with van der Waals surface area (Å²) >= 11 is 0. The van der Waals surface area contributed by atoms with Crippen molar-refractivity contribution in [2.24, 2.45) is 0 Å². The van der Waals surface area contributed by atoms with E-state index in [2.05, 4.69) is 14.9 Å². The normalized spacial score (nSPS) is 17.0. The molecule has 4 rings (SSSR count). The molecule has 0 saturated carbocycles. The Morgan fingerprint density at radius 2 is 1.76 bits per heavy atom. The first kappa shape index (κ1) is 19.3. The van der Waals surface area contributed by atoms with E-state index in [0.29, 0.717) is 25.3 Å². The van der Waals surface area contributed by atoms with Crippen molar-refractivity contribution < 1.29 is 17.7 Å². The molecule has 1 fully saturated rings. The first-order chi connectivity index (χ1) is 14.0. The Morgan fingerprint density at radius 1 is 1.07 bits per heavy atom. The van der Waals surface area contributed by atoms with E-state index in [1.165, 1.54) is 12.1 Å². The van der Waals surface area contributed by atoms with E-state index in [1.54, 1.807) is 23.1 Å². The largest absolute Gasteiger partial charge is 0.337 e. The fourth-order valence-corrected chi connectivity index (χ4v) is 4.29. The summed E-state index contributed by atoms with van der Waals surface area (Å²) in [5.41, 5.74) is 1.02. The van der Waals surface area contributed by atoms with Crippen molar-refractivity contribution in [3.8, 4) is 0 Å². The van der Waals surface area contributed by atoms with Crippen LogP contribution in [0.2, 0.25) is 0 Å². The smallest absolute Gasteiger partial charge is 0.249 e. The second-order valence-corrected chi connectivity index (χ2v) is 8.52. The van der Waals surface area contributed by atoms with Gasteiger partial charge in [0.2, 0.25) is 21.8 Å². The first-order valence-electron chi connectivity index (χ1n) is 9.23. The van der Waals surface area contributed by atoms with Crippen molar-refractivity contribution in [3.63, 3.8) is 0 Å². The predicted molar refractivity (Wildman–Crippen MR) is 104 cm³/mol. The Bertz CT molecular complexity index is 1080. The molecule has 0 unspecified atom stereocenters. The lowest BCUT2D eigenvalue weighted by molar-refractivity contribution is -0.129. The van der Waals surface area contributed by atoms with Crippen LogP contribution in [-0.4, -0.2) is 29.4 Å². The standard InChI is InChI=1S/C20H20N4O4S/c25-19-12-11-17(24(19)14-15-7-3-1-4-8-15)20-22-18(23-28-20)13-21-29(26,27)16-9-5-2-6-10-16/h1-10,17,21H,11-14H2/t17-/m0/s1. The molecular weight excluding hydrogens is 392 g/mol. The third kappa shape index (κ3) is 4.36. The maximum absolute atomic E-state index is 12.3. The van der Waals surface area contributed by atoms with Gasteiger partial charge in [-0.25, -0.2) is 13.1 Å². The van der Waals surface area contributed by atoms with Gasteiger partial charge in [0.05, 0.1) is 11.4 Å². The minimum Gasteiger partial charge on any atom is -0.337 e. The van der Waals surface area contributed by atoms with E-state index in [0.717, 1.165) is 5.56 Å². The number of carbonyl (C=O) groups excluding carboxylic acids is 1. The van der Waals surface area contributed by atoms with Gasteiger partial charge < -0.3 is 9.42 Å². The van der Waals surface area contributed by atoms with Crippen molar-refractivity contribution in [1.82, 2.24) is 19.8 Å². The number of nitrogens with zero attached hydrogens (tertiary/aromatic N) is 3. The zero-order chi connectivity index (χ0) is 20.3. The SMILES string of the molecule is O=C1CC[C@@H](c2nc(CNS(=O)(=O)c3ccccc3)no2)N1Cc1ccccc1. The molecule has 1 aromatic heterocycles. The number of amides is 1. The number of benzene rings is 2. The van der Waals surface area contributed by atoms with E-state index in [1.807, 2.05) is 30.3 Å². The number of rotatable bonds is 7. The second-order valence-electron chi connectivity index (χ2n) is 6.75. The lowest BCUT2D eigenvalue weighted by Gasteiger charge is -2.22. The Morgan fingerprint density at radius 3 is 2.48 bits per heavy atom. The predicted octanol–water partition coefficient (Wildman–Crippen LogP) is 2.41.